The van der Waals surface area contributed by atoms with Crippen LogP contribution in [0.15, 0.2) is 65.3 Å². The first kappa shape index (κ1) is 16.8. The molecule has 0 bridgehead atoms. The summed E-state index contributed by atoms with van der Waals surface area (Å²) in [5, 5.41) is 5.34. The lowest BCUT2D eigenvalue weighted by Crippen LogP contribution is -2.58. The van der Waals surface area contributed by atoms with Crippen molar-refractivity contribution in [2.75, 3.05) is 13.1 Å². The van der Waals surface area contributed by atoms with Crippen molar-refractivity contribution in [3.8, 4) is 5.88 Å². The minimum absolute atomic E-state index is 0.0236. The molecule has 26 heavy (non-hydrogen) atoms. The predicted molar refractivity (Wildman–Crippen MR) is 104 cm³/mol. The van der Waals surface area contributed by atoms with Gasteiger partial charge in [0.15, 0.2) is 0 Å². The predicted octanol–water partition coefficient (Wildman–Crippen LogP) is 3.97. The van der Waals surface area contributed by atoms with Gasteiger partial charge in [0.1, 0.15) is 6.10 Å². The second-order valence-electron chi connectivity index (χ2n) is 6.23. The number of benzene rings is 2. The highest BCUT2D eigenvalue weighted by Gasteiger charge is 2.32. The summed E-state index contributed by atoms with van der Waals surface area (Å²) >= 11 is 3.41. The first-order valence-electron chi connectivity index (χ1n) is 8.47. The number of hydrogen-bond donors (Lipinski definition) is 1. The van der Waals surface area contributed by atoms with E-state index in [0.29, 0.717) is 25.5 Å². The molecule has 2 aromatic carbocycles. The third-order valence-corrected chi connectivity index (χ3v) is 5.05. The number of nitrogens with one attached hydrogen (secondary N) is 1. The van der Waals surface area contributed by atoms with E-state index in [1.165, 1.54) is 10.8 Å². The lowest BCUT2D eigenvalue weighted by molar-refractivity contribution is 0.0407. The fraction of sp³-hybridized carbons (Fsp3) is 0.200. The smallest absolute Gasteiger partial charge is 0.317 e. The summed E-state index contributed by atoms with van der Waals surface area (Å²) in [5.74, 6) is 0.563. The molecular formula is C20H18BrN3O2. The maximum Gasteiger partial charge on any atom is 0.317 e. The number of fused-ring (bicyclic) bond motifs is 1. The molecule has 1 aromatic heterocycles. The molecule has 5 nitrogen and oxygen atoms in total. The number of halogens is 1. The third kappa shape index (κ3) is 3.51. The lowest BCUT2D eigenvalue weighted by Gasteiger charge is -2.38. The molecule has 0 unspecified atom stereocenters. The summed E-state index contributed by atoms with van der Waals surface area (Å²) in [6.07, 6.45) is 1.66. The Bertz CT molecular complexity index is 936. The summed E-state index contributed by atoms with van der Waals surface area (Å²) in [6.45, 7) is 1.63. The number of pyridine rings is 1. The number of aromatic nitrogens is 1. The molecular weight excluding hydrogens is 394 g/mol. The van der Waals surface area contributed by atoms with E-state index >= 15 is 0 Å². The average molecular weight is 412 g/mol. The monoisotopic (exact) mass is 411 g/mol. The quantitative estimate of drug-likeness (QED) is 0.706. The highest BCUT2D eigenvalue weighted by molar-refractivity contribution is 9.10. The first-order chi connectivity index (χ1) is 12.7. The molecule has 0 atom stereocenters. The largest absolute Gasteiger partial charge is 0.470 e. The molecule has 0 aliphatic carbocycles. The second kappa shape index (κ2) is 7.33. The van der Waals surface area contributed by atoms with E-state index in [4.69, 9.17) is 4.74 Å². The van der Waals surface area contributed by atoms with Gasteiger partial charge in [-0.1, -0.05) is 42.5 Å². The molecule has 3 aromatic rings. The minimum atomic E-state index is -0.0714. The van der Waals surface area contributed by atoms with E-state index in [0.717, 1.165) is 10.0 Å². The van der Waals surface area contributed by atoms with E-state index in [-0.39, 0.29) is 12.1 Å². The maximum absolute atomic E-state index is 12.3. The maximum atomic E-state index is 12.3. The number of carbonyl (C=O) groups is 1. The Labute approximate surface area is 160 Å². The van der Waals surface area contributed by atoms with Crippen LogP contribution in [-0.4, -0.2) is 35.1 Å². The standard InChI is InChI=1S/C20H18BrN3O2/c21-18-9-4-10-22-19(18)26-16-12-24(13-16)20(25)23-11-15-7-3-6-14-5-1-2-8-17(14)15/h1-10,16H,11-13H2,(H,23,25). The number of likely N-dealkylation sites (tertiary alicyclic amines) is 1. The SMILES string of the molecule is O=C(NCc1cccc2ccccc12)N1CC(Oc2ncccc2Br)C1. The van der Waals surface area contributed by atoms with Crippen LogP contribution in [0.1, 0.15) is 5.56 Å². The number of ether oxygens (including phenoxy) is 1. The van der Waals surface area contributed by atoms with Gasteiger partial charge in [-0.15, -0.1) is 0 Å². The summed E-state index contributed by atoms with van der Waals surface area (Å²) in [7, 11) is 0. The van der Waals surface area contributed by atoms with E-state index in [9.17, 15) is 4.79 Å². The molecule has 2 amide bonds. The van der Waals surface area contributed by atoms with Gasteiger partial charge in [0.2, 0.25) is 5.88 Å². The van der Waals surface area contributed by atoms with Crippen molar-refractivity contribution in [1.29, 1.82) is 0 Å². The van der Waals surface area contributed by atoms with Crippen LogP contribution in [0.2, 0.25) is 0 Å². The fourth-order valence-corrected chi connectivity index (χ4v) is 3.37. The number of amides is 2. The molecule has 1 fully saturated rings. The minimum Gasteiger partial charge on any atom is -0.470 e. The van der Waals surface area contributed by atoms with Crippen LogP contribution >= 0.6 is 15.9 Å². The van der Waals surface area contributed by atoms with E-state index in [2.05, 4.69) is 44.4 Å². The number of urea groups is 1. The molecule has 4 rings (SSSR count). The summed E-state index contributed by atoms with van der Waals surface area (Å²) in [4.78, 5) is 18.3. The Morgan fingerprint density at radius 1 is 1.15 bits per heavy atom. The Balaban J connectivity index is 1.31. The Kier molecular flexibility index (Phi) is 4.75. The highest BCUT2D eigenvalue weighted by Crippen LogP contribution is 2.24. The van der Waals surface area contributed by atoms with Crippen molar-refractivity contribution >= 4 is 32.7 Å². The number of hydrogen-bond acceptors (Lipinski definition) is 3. The van der Waals surface area contributed by atoms with E-state index < -0.39 is 0 Å². The van der Waals surface area contributed by atoms with Crippen molar-refractivity contribution in [3.05, 3.63) is 70.8 Å². The van der Waals surface area contributed by atoms with Gasteiger partial charge in [0.25, 0.3) is 0 Å². The Hall–Kier alpha value is -2.60. The molecule has 132 valence electrons. The zero-order valence-corrected chi connectivity index (χ0v) is 15.6. The van der Waals surface area contributed by atoms with Crippen LogP contribution in [0.25, 0.3) is 10.8 Å². The van der Waals surface area contributed by atoms with Crippen molar-refractivity contribution < 1.29 is 9.53 Å². The van der Waals surface area contributed by atoms with Gasteiger partial charge in [-0.2, -0.15) is 0 Å². The van der Waals surface area contributed by atoms with Crippen LogP contribution in [0.5, 0.6) is 5.88 Å². The molecule has 0 saturated carbocycles. The molecule has 1 N–H and O–H groups in total. The van der Waals surface area contributed by atoms with Crippen LogP contribution in [-0.2, 0) is 6.54 Å². The van der Waals surface area contributed by atoms with Crippen LogP contribution in [0.3, 0.4) is 0 Å². The summed E-state index contributed by atoms with van der Waals surface area (Å²) in [6, 6.07) is 18.0. The molecule has 0 radical (unpaired) electrons. The van der Waals surface area contributed by atoms with Gasteiger partial charge < -0.3 is 15.0 Å². The Morgan fingerprint density at radius 3 is 2.81 bits per heavy atom. The molecule has 1 aliphatic rings. The molecule has 1 saturated heterocycles. The lowest BCUT2D eigenvalue weighted by atomic mass is 10.0. The fourth-order valence-electron chi connectivity index (χ4n) is 3.02. The van der Waals surface area contributed by atoms with Crippen LogP contribution < -0.4 is 10.1 Å². The zero-order valence-electron chi connectivity index (χ0n) is 14.1. The molecule has 0 spiro atoms. The topological polar surface area (TPSA) is 54.5 Å². The van der Waals surface area contributed by atoms with Crippen molar-refractivity contribution in [1.82, 2.24) is 15.2 Å². The molecule has 6 heteroatoms. The van der Waals surface area contributed by atoms with Crippen molar-refractivity contribution in [3.63, 3.8) is 0 Å². The van der Waals surface area contributed by atoms with Gasteiger partial charge in [-0.05, 0) is 44.4 Å². The van der Waals surface area contributed by atoms with Crippen molar-refractivity contribution in [2.24, 2.45) is 0 Å². The third-order valence-electron chi connectivity index (χ3n) is 4.45. The van der Waals surface area contributed by atoms with Gasteiger partial charge >= 0.3 is 6.03 Å². The van der Waals surface area contributed by atoms with Crippen LogP contribution in [0, 0.1) is 0 Å². The number of rotatable bonds is 4. The zero-order chi connectivity index (χ0) is 17.9. The van der Waals surface area contributed by atoms with Crippen molar-refractivity contribution in [2.45, 2.75) is 12.6 Å². The van der Waals surface area contributed by atoms with Gasteiger partial charge in [-0.25, -0.2) is 9.78 Å². The normalized spacial score (nSPS) is 14.1. The number of carbonyl (C=O) groups excluding carboxylic acids is 1. The van der Waals surface area contributed by atoms with Gasteiger partial charge in [0.05, 0.1) is 17.6 Å². The summed E-state index contributed by atoms with van der Waals surface area (Å²) < 4.78 is 6.62. The van der Waals surface area contributed by atoms with Gasteiger partial charge in [-0.3, -0.25) is 0 Å². The molecule has 2 heterocycles. The van der Waals surface area contributed by atoms with Crippen LogP contribution in [0.4, 0.5) is 4.79 Å². The summed E-state index contributed by atoms with van der Waals surface area (Å²) in [5.41, 5.74) is 1.11. The Morgan fingerprint density at radius 2 is 1.96 bits per heavy atom. The van der Waals surface area contributed by atoms with E-state index in [1.54, 1.807) is 11.1 Å². The molecule has 1 aliphatic heterocycles. The highest BCUT2D eigenvalue weighted by atomic mass is 79.9. The number of nitrogens with zero attached hydrogens (tertiary/aromatic N) is 2. The second-order valence-corrected chi connectivity index (χ2v) is 7.09. The van der Waals surface area contributed by atoms with Gasteiger partial charge in [0, 0.05) is 12.7 Å². The first-order valence-corrected chi connectivity index (χ1v) is 9.26. The van der Waals surface area contributed by atoms with E-state index in [1.807, 2.05) is 36.4 Å². The average Bonchev–Trinajstić information content (AvgIpc) is 2.63.